The number of hydrogen-bond acceptors (Lipinski definition) is 5. The molecule has 2 aliphatic heterocycles. The fourth-order valence-electron chi connectivity index (χ4n) is 2.77. The van der Waals surface area contributed by atoms with Gasteiger partial charge in [-0.25, -0.2) is 4.79 Å². The Bertz CT molecular complexity index is 1100. The van der Waals surface area contributed by atoms with E-state index in [1.165, 1.54) is 11.8 Å². The van der Waals surface area contributed by atoms with Gasteiger partial charge in [0, 0.05) is 18.6 Å². The van der Waals surface area contributed by atoms with Crippen LogP contribution < -0.4 is 5.56 Å². The molecule has 7 heteroatoms. The minimum atomic E-state index is -0.564. The third-order valence-electron chi connectivity index (χ3n) is 4.02. The van der Waals surface area contributed by atoms with Crippen molar-refractivity contribution in [3.8, 4) is 22.6 Å². The van der Waals surface area contributed by atoms with E-state index >= 15 is 0 Å². The number of hydrogen-bond donors (Lipinski definition) is 0. The van der Waals surface area contributed by atoms with Crippen molar-refractivity contribution in [2.75, 3.05) is 7.11 Å². The number of methoxy groups -OCH3 is 1. The SMILES string of the molecule is COC(=O)c1cn(-c2cccnc2)cc2c(=O)n(-c3ccccc3)nc1-2. The van der Waals surface area contributed by atoms with Crippen molar-refractivity contribution >= 4 is 5.97 Å². The van der Waals surface area contributed by atoms with Gasteiger partial charge in [-0.15, -0.1) is 0 Å². The van der Waals surface area contributed by atoms with Gasteiger partial charge in [-0.3, -0.25) is 9.78 Å². The summed E-state index contributed by atoms with van der Waals surface area (Å²) in [6, 6.07) is 12.6. The number of ether oxygens (including phenoxy) is 1. The lowest BCUT2D eigenvalue weighted by molar-refractivity contribution is 0.0600. The molecule has 0 saturated heterocycles. The summed E-state index contributed by atoms with van der Waals surface area (Å²) in [5.41, 5.74) is 1.85. The van der Waals surface area contributed by atoms with E-state index in [4.69, 9.17) is 4.74 Å². The van der Waals surface area contributed by atoms with E-state index in [0.29, 0.717) is 22.6 Å². The van der Waals surface area contributed by atoms with Gasteiger partial charge in [0.15, 0.2) is 0 Å². The third kappa shape index (κ3) is 2.55. The molecular weight excluding hydrogens is 332 g/mol. The van der Waals surface area contributed by atoms with E-state index < -0.39 is 5.97 Å². The summed E-state index contributed by atoms with van der Waals surface area (Å²) < 4.78 is 7.82. The average molecular weight is 346 g/mol. The normalized spacial score (nSPS) is 10.8. The van der Waals surface area contributed by atoms with Crippen LogP contribution in [0.25, 0.3) is 22.6 Å². The molecule has 0 N–H and O–H groups in total. The topological polar surface area (TPSA) is 79.0 Å². The zero-order valence-corrected chi connectivity index (χ0v) is 13.9. The van der Waals surface area contributed by atoms with Gasteiger partial charge in [-0.2, -0.15) is 9.78 Å². The summed E-state index contributed by atoms with van der Waals surface area (Å²) in [7, 11) is 1.29. The van der Waals surface area contributed by atoms with Gasteiger partial charge < -0.3 is 9.30 Å². The van der Waals surface area contributed by atoms with Gasteiger partial charge in [0.05, 0.1) is 30.2 Å². The van der Waals surface area contributed by atoms with Crippen LogP contribution in [0.3, 0.4) is 0 Å². The highest BCUT2D eigenvalue weighted by Crippen LogP contribution is 2.24. The van der Waals surface area contributed by atoms with Crippen LogP contribution in [0.15, 0.2) is 72.0 Å². The Morgan fingerprint density at radius 2 is 1.81 bits per heavy atom. The van der Waals surface area contributed by atoms with E-state index in [9.17, 15) is 9.59 Å². The van der Waals surface area contributed by atoms with Crippen molar-refractivity contribution in [1.82, 2.24) is 19.3 Å². The Labute approximate surface area is 148 Å². The largest absolute Gasteiger partial charge is 0.465 e. The smallest absolute Gasteiger partial charge is 0.341 e. The predicted molar refractivity (Wildman–Crippen MR) is 94.9 cm³/mol. The van der Waals surface area contributed by atoms with E-state index in [0.717, 1.165) is 0 Å². The van der Waals surface area contributed by atoms with Crippen molar-refractivity contribution in [3.05, 3.63) is 83.2 Å². The molecule has 0 atom stereocenters. The predicted octanol–water partition coefficient (Wildman–Crippen LogP) is 2.31. The highest BCUT2D eigenvalue weighted by Gasteiger charge is 2.25. The monoisotopic (exact) mass is 346 g/mol. The van der Waals surface area contributed by atoms with Gasteiger partial charge in [0.1, 0.15) is 11.3 Å². The molecule has 0 spiro atoms. The number of nitrogens with zero attached hydrogens (tertiary/aromatic N) is 4. The van der Waals surface area contributed by atoms with Crippen LogP contribution in [0.2, 0.25) is 0 Å². The molecule has 0 unspecified atom stereocenters. The third-order valence-corrected chi connectivity index (χ3v) is 4.02. The lowest BCUT2D eigenvalue weighted by atomic mass is 10.1. The second-order valence-corrected chi connectivity index (χ2v) is 5.60. The van der Waals surface area contributed by atoms with E-state index in [2.05, 4.69) is 10.1 Å². The van der Waals surface area contributed by atoms with Crippen molar-refractivity contribution in [1.29, 1.82) is 0 Å². The number of pyridine rings is 2. The molecule has 0 saturated carbocycles. The number of fused-ring (bicyclic) bond motifs is 1. The van der Waals surface area contributed by atoms with Crippen LogP contribution >= 0.6 is 0 Å². The summed E-state index contributed by atoms with van der Waals surface area (Å²) >= 11 is 0. The van der Waals surface area contributed by atoms with Crippen molar-refractivity contribution < 1.29 is 9.53 Å². The Kier molecular flexibility index (Phi) is 3.81. The minimum absolute atomic E-state index is 0.209. The average Bonchev–Trinajstić information content (AvgIpc) is 3.04. The molecular formula is C19H14N4O3. The number of carbonyl (C=O) groups is 1. The quantitative estimate of drug-likeness (QED) is 0.532. The molecule has 2 aromatic rings. The number of aromatic nitrogens is 4. The van der Waals surface area contributed by atoms with E-state index in [1.807, 2.05) is 24.3 Å². The number of rotatable bonds is 3. The van der Waals surface area contributed by atoms with Crippen LogP contribution in [0.5, 0.6) is 0 Å². The maximum absolute atomic E-state index is 12.9. The molecule has 1 aromatic heterocycles. The highest BCUT2D eigenvalue weighted by molar-refractivity contribution is 5.96. The van der Waals surface area contributed by atoms with Gasteiger partial charge in [0.25, 0.3) is 5.56 Å². The molecule has 1 aromatic carbocycles. The van der Waals surface area contributed by atoms with Gasteiger partial charge in [-0.1, -0.05) is 18.2 Å². The summed E-state index contributed by atoms with van der Waals surface area (Å²) in [5, 5.41) is 4.36. The first-order valence-corrected chi connectivity index (χ1v) is 7.88. The molecule has 3 heterocycles. The summed E-state index contributed by atoms with van der Waals surface area (Å²) in [5.74, 6) is -0.564. The van der Waals surface area contributed by atoms with Crippen molar-refractivity contribution in [2.24, 2.45) is 0 Å². The standard InChI is InChI=1S/C19H14N4O3/c1-26-19(25)16-12-22(14-8-5-9-20-10-14)11-15-17(16)21-23(18(15)24)13-6-3-2-4-7-13/h2-12H,1H3. The first-order valence-electron chi connectivity index (χ1n) is 7.88. The molecule has 0 bridgehead atoms. The number of esters is 1. The molecule has 7 nitrogen and oxygen atoms in total. The van der Waals surface area contributed by atoms with Crippen LogP contribution in [0, 0.1) is 0 Å². The first-order chi connectivity index (χ1) is 12.7. The first kappa shape index (κ1) is 15.8. The molecule has 0 radical (unpaired) electrons. The van der Waals surface area contributed by atoms with Gasteiger partial charge in [-0.05, 0) is 24.3 Å². The second-order valence-electron chi connectivity index (χ2n) is 5.60. The van der Waals surface area contributed by atoms with Crippen molar-refractivity contribution in [3.63, 3.8) is 0 Å². The van der Waals surface area contributed by atoms with Crippen molar-refractivity contribution in [2.45, 2.75) is 0 Å². The number of para-hydroxylation sites is 1. The summed E-state index contributed by atoms with van der Waals surface area (Å²) in [6.45, 7) is 0. The molecule has 4 rings (SSSR count). The fraction of sp³-hybridized carbons (Fsp3) is 0.0526. The number of carbonyl (C=O) groups excluding carboxylic acids is 1. The van der Waals surface area contributed by atoms with E-state index in [1.54, 1.807) is 47.6 Å². The zero-order chi connectivity index (χ0) is 18.1. The summed E-state index contributed by atoms with van der Waals surface area (Å²) in [6.07, 6.45) is 6.52. The molecule has 0 fully saturated rings. The number of benzene rings is 1. The maximum atomic E-state index is 12.9. The highest BCUT2D eigenvalue weighted by atomic mass is 16.5. The van der Waals surface area contributed by atoms with Gasteiger partial charge >= 0.3 is 5.97 Å². The zero-order valence-electron chi connectivity index (χ0n) is 13.9. The molecule has 128 valence electrons. The molecule has 0 aliphatic carbocycles. The minimum Gasteiger partial charge on any atom is -0.465 e. The van der Waals surface area contributed by atoms with E-state index in [-0.39, 0.29) is 11.1 Å². The lowest BCUT2D eigenvalue weighted by Gasteiger charge is -2.11. The molecule has 2 aliphatic rings. The Hall–Kier alpha value is -3.74. The Balaban J connectivity index is 2.01. The lowest BCUT2D eigenvalue weighted by Crippen LogP contribution is -2.15. The Morgan fingerprint density at radius 1 is 1.04 bits per heavy atom. The van der Waals surface area contributed by atoms with Crippen LogP contribution in [-0.2, 0) is 4.74 Å². The maximum Gasteiger partial charge on any atom is 0.341 e. The van der Waals surface area contributed by atoms with Crippen LogP contribution in [-0.4, -0.2) is 32.4 Å². The molecule has 0 amide bonds. The fourth-order valence-corrected chi connectivity index (χ4v) is 2.77. The molecule has 26 heavy (non-hydrogen) atoms. The Morgan fingerprint density at radius 3 is 2.50 bits per heavy atom. The van der Waals surface area contributed by atoms with Gasteiger partial charge in [0.2, 0.25) is 0 Å². The van der Waals surface area contributed by atoms with Crippen LogP contribution in [0.1, 0.15) is 10.4 Å². The summed E-state index contributed by atoms with van der Waals surface area (Å²) in [4.78, 5) is 29.2. The van der Waals surface area contributed by atoms with Crippen LogP contribution in [0.4, 0.5) is 0 Å². The second kappa shape index (κ2) is 6.29.